The van der Waals surface area contributed by atoms with Crippen LogP contribution in [0.5, 0.6) is 0 Å². The average Bonchev–Trinajstić information content (AvgIpc) is 3.98. The van der Waals surface area contributed by atoms with Crippen LogP contribution in [0.4, 0.5) is 17.1 Å². The molecule has 3 heteroatoms. The van der Waals surface area contributed by atoms with E-state index in [9.17, 15) is 0 Å². The quantitative estimate of drug-likeness (QED) is 0.144. The Morgan fingerprint density at radius 2 is 0.696 bits per heavy atom. The van der Waals surface area contributed by atoms with E-state index in [0.717, 1.165) is 78.1 Å². The van der Waals surface area contributed by atoms with Crippen LogP contribution < -0.4 is 4.90 Å². The van der Waals surface area contributed by atoms with Gasteiger partial charge in [-0.05, 0) is 123 Å². The summed E-state index contributed by atoms with van der Waals surface area (Å²) in [5, 5.41) is 4.59. The van der Waals surface area contributed by atoms with E-state index in [1.165, 1.54) is 44.1 Å². The van der Waals surface area contributed by atoms with Gasteiger partial charge in [-0.3, -0.25) is 0 Å². The monoisotopic (exact) mass is 880 g/mol. The van der Waals surface area contributed by atoms with Gasteiger partial charge in [0.1, 0.15) is 11.2 Å². The maximum absolute atomic E-state index is 7.10. The summed E-state index contributed by atoms with van der Waals surface area (Å²) < 4.78 is 9.47. The van der Waals surface area contributed by atoms with E-state index in [1.807, 2.05) is 0 Å². The smallest absolute Gasteiger partial charge is 0.143 e. The molecule has 2 heterocycles. The number of nitrogens with zero attached hydrogens (tertiary/aromatic N) is 2. The second-order valence-electron chi connectivity index (χ2n) is 17.7. The van der Waals surface area contributed by atoms with Gasteiger partial charge in [-0.2, -0.15) is 0 Å². The molecule has 0 aliphatic rings. The Bertz CT molecular complexity index is 3870. The molecule has 324 valence electrons. The molecule has 3 nitrogen and oxygen atoms in total. The summed E-state index contributed by atoms with van der Waals surface area (Å²) in [6, 6.07) is 95.9. The summed E-state index contributed by atoms with van der Waals surface area (Å²) in [5.41, 5.74) is 19.9. The zero-order chi connectivity index (χ0) is 45.7. The topological polar surface area (TPSA) is 21.3 Å². The first-order chi connectivity index (χ1) is 34.2. The molecule has 0 unspecified atom stereocenters. The van der Waals surface area contributed by atoms with Crippen LogP contribution in [0.1, 0.15) is 0 Å². The molecule has 13 aromatic rings. The molecule has 69 heavy (non-hydrogen) atoms. The predicted octanol–water partition coefficient (Wildman–Crippen LogP) is 18.5. The first kappa shape index (κ1) is 40.1. The Morgan fingerprint density at radius 1 is 0.261 bits per heavy atom. The van der Waals surface area contributed by atoms with Crippen LogP contribution >= 0.6 is 0 Å². The fraction of sp³-hybridized carbons (Fsp3) is 0. The lowest BCUT2D eigenvalue weighted by atomic mass is 9.94. The van der Waals surface area contributed by atoms with Gasteiger partial charge in [0, 0.05) is 55.4 Å². The molecule has 0 saturated carbocycles. The second-order valence-corrected chi connectivity index (χ2v) is 17.7. The third kappa shape index (κ3) is 7.16. The minimum absolute atomic E-state index is 0.879. The molecule has 0 bridgehead atoms. The summed E-state index contributed by atoms with van der Waals surface area (Å²) >= 11 is 0. The van der Waals surface area contributed by atoms with E-state index in [1.54, 1.807) is 0 Å². The van der Waals surface area contributed by atoms with Crippen molar-refractivity contribution in [2.75, 3.05) is 4.90 Å². The number of anilines is 3. The first-order valence-electron chi connectivity index (χ1n) is 23.6. The fourth-order valence-corrected chi connectivity index (χ4v) is 10.2. The van der Waals surface area contributed by atoms with Crippen molar-refractivity contribution in [3.63, 3.8) is 0 Å². The third-order valence-electron chi connectivity index (χ3n) is 13.6. The van der Waals surface area contributed by atoms with Crippen LogP contribution in [-0.2, 0) is 0 Å². The highest BCUT2D eigenvalue weighted by molar-refractivity contribution is 6.16. The molecule has 2 aromatic heterocycles. The number of benzene rings is 11. The summed E-state index contributed by atoms with van der Waals surface area (Å²) in [7, 11) is 0. The van der Waals surface area contributed by atoms with E-state index in [0.29, 0.717) is 0 Å². The lowest BCUT2D eigenvalue weighted by Gasteiger charge is -2.26. The standard InChI is InChI=1S/C66H44N2O/c1-5-16-45(17-6-1)47-28-35-54(36-29-47)67(55-37-30-48(31-38-55)46-18-7-2-8-19-46)56-39-32-49(33-40-56)52-43-60(66-62(44-52)59-26-15-25-57(65(59)69-66)50-20-9-3-10-21-50)51-34-41-64-61(42-51)58-24-13-14-27-63(58)68(64)53-22-11-4-12-23-53/h1-44H. The number of hydrogen-bond donors (Lipinski definition) is 0. The summed E-state index contributed by atoms with van der Waals surface area (Å²) in [4.78, 5) is 2.35. The highest BCUT2D eigenvalue weighted by atomic mass is 16.3. The molecule has 0 atom stereocenters. The van der Waals surface area contributed by atoms with Crippen molar-refractivity contribution in [3.05, 3.63) is 267 Å². The van der Waals surface area contributed by atoms with E-state index in [4.69, 9.17) is 4.42 Å². The molecular weight excluding hydrogens is 837 g/mol. The van der Waals surface area contributed by atoms with Crippen molar-refractivity contribution in [2.24, 2.45) is 0 Å². The summed E-state index contributed by atoms with van der Waals surface area (Å²) in [6.45, 7) is 0. The molecular formula is C66H44N2O. The van der Waals surface area contributed by atoms with Crippen molar-refractivity contribution in [2.45, 2.75) is 0 Å². The van der Waals surface area contributed by atoms with Gasteiger partial charge in [-0.15, -0.1) is 0 Å². The molecule has 0 aliphatic heterocycles. The maximum atomic E-state index is 7.10. The number of para-hydroxylation sites is 3. The number of hydrogen-bond acceptors (Lipinski definition) is 2. The first-order valence-corrected chi connectivity index (χ1v) is 23.6. The summed E-state index contributed by atoms with van der Waals surface area (Å²) in [5.74, 6) is 0. The van der Waals surface area contributed by atoms with E-state index in [2.05, 4.69) is 276 Å². The highest BCUT2D eigenvalue weighted by Gasteiger charge is 2.21. The van der Waals surface area contributed by atoms with Gasteiger partial charge in [-0.1, -0.05) is 188 Å². The van der Waals surface area contributed by atoms with E-state index in [-0.39, 0.29) is 0 Å². The molecule has 0 spiro atoms. The van der Waals surface area contributed by atoms with Crippen LogP contribution in [-0.4, -0.2) is 4.57 Å². The van der Waals surface area contributed by atoms with Gasteiger partial charge in [0.05, 0.1) is 11.0 Å². The normalized spacial score (nSPS) is 11.5. The van der Waals surface area contributed by atoms with Crippen molar-refractivity contribution >= 4 is 60.8 Å². The average molecular weight is 881 g/mol. The second kappa shape index (κ2) is 16.9. The van der Waals surface area contributed by atoms with Gasteiger partial charge >= 0.3 is 0 Å². The van der Waals surface area contributed by atoms with Crippen LogP contribution in [0.3, 0.4) is 0 Å². The minimum atomic E-state index is 0.879. The number of rotatable bonds is 9. The van der Waals surface area contributed by atoms with Crippen LogP contribution in [0.25, 0.3) is 105 Å². The van der Waals surface area contributed by atoms with Crippen LogP contribution in [0.2, 0.25) is 0 Å². The highest BCUT2D eigenvalue weighted by Crippen LogP contribution is 2.45. The molecule has 0 N–H and O–H groups in total. The third-order valence-corrected chi connectivity index (χ3v) is 13.6. The van der Waals surface area contributed by atoms with Crippen molar-refractivity contribution in [1.82, 2.24) is 4.57 Å². The zero-order valence-corrected chi connectivity index (χ0v) is 37.7. The molecule has 13 rings (SSSR count). The Balaban J connectivity index is 0.962. The number of aromatic nitrogens is 1. The Kier molecular flexibility index (Phi) is 9.84. The fourth-order valence-electron chi connectivity index (χ4n) is 10.2. The van der Waals surface area contributed by atoms with Gasteiger partial charge in [-0.25, -0.2) is 0 Å². The lowest BCUT2D eigenvalue weighted by molar-refractivity contribution is 0.671. The molecule has 0 fully saturated rings. The van der Waals surface area contributed by atoms with Crippen LogP contribution in [0, 0.1) is 0 Å². The zero-order valence-electron chi connectivity index (χ0n) is 37.7. The predicted molar refractivity (Wildman–Crippen MR) is 290 cm³/mol. The maximum Gasteiger partial charge on any atom is 0.143 e. The minimum Gasteiger partial charge on any atom is -0.455 e. The largest absolute Gasteiger partial charge is 0.455 e. The molecule has 0 radical (unpaired) electrons. The van der Waals surface area contributed by atoms with Gasteiger partial charge in [0.25, 0.3) is 0 Å². The Hall–Kier alpha value is -9.18. The van der Waals surface area contributed by atoms with Gasteiger partial charge < -0.3 is 13.9 Å². The summed E-state index contributed by atoms with van der Waals surface area (Å²) in [6.07, 6.45) is 0. The number of fused-ring (bicyclic) bond motifs is 6. The SMILES string of the molecule is c1ccc(-c2ccc(N(c3ccc(-c4ccccc4)cc3)c3ccc(-c4cc(-c5ccc6c(c5)c5ccccc5n6-c5ccccc5)c5oc6c(-c7ccccc7)cccc6c5c4)cc3)cc2)cc1. The van der Waals surface area contributed by atoms with Gasteiger partial charge in [0.2, 0.25) is 0 Å². The van der Waals surface area contributed by atoms with Crippen molar-refractivity contribution in [3.8, 4) is 61.3 Å². The molecule has 11 aromatic carbocycles. The van der Waals surface area contributed by atoms with Crippen molar-refractivity contribution in [1.29, 1.82) is 0 Å². The molecule has 0 saturated heterocycles. The number of furan rings is 1. The van der Waals surface area contributed by atoms with Crippen molar-refractivity contribution < 1.29 is 4.42 Å². The Labute approximate surface area is 401 Å². The molecule has 0 amide bonds. The van der Waals surface area contributed by atoms with E-state index >= 15 is 0 Å². The van der Waals surface area contributed by atoms with Gasteiger partial charge in [0.15, 0.2) is 0 Å². The molecule has 0 aliphatic carbocycles. The lowest BCUT2D eigenvalue weighted by Crippen LogP contribution is -2.09. The van der Waals surface area contributed by atoms with E-state index < -0.39 is 0 Å². The Morgan fingerprint density at radius 3 is 1.29 bits per heavy atom. The van der Waals surface area contributed by atoms with Crippen LogP contribution in [0.15, 0.2) is 271 Å².